The fourth-order valence-corrected chi connectivity index (χ4v) is 5.75. The van der Waals surface area contributed by atoms with Gasteiger partial charge in [0.15, 0.2) is 0 Å². The van der Waals surface area contributed by atoms with Gasteiger partial charge in [-0.2, -0.15) is 0 Å². The molecule has 0 atom stereocenters. The standard InChI is InChI=1S/C31H32N4O.C2H4O2/c32-16-8-9-17-35-27-15-7-6-14-24(27)29(28(35)18-21-10-2-1-3-11-21)30-31(36)34-26-20-23-13-5-4-12-22(23)19-25(26)33-30;1-2(3)4/h1-3,6-7,10-11,14-15,19-20H,4-5,8-9,12-13,16-18,32H2,(H,34,36);1H3,(H,3,4). The topological polar surface area (TPSA) is 114 Å². The smallest absolute Gasteiger partial charge is 0.300 e. The number of carboxylic acids is 1. The number of nitrogens with zero attached hydrogens (tertiary/aromatic N) is 2. The van der Waals surface area contributed by atoms with E-state index in [1.54, 1.807) is 0 Å². The molecule has 3 aromatic carbocycles. The van der Waals surface area contributed by atoms with E-state index in [4.69, 9.17) is 20.6 Å². The first-order chi connectivity index (χ1) is 19.5. The second-order valence-corrected chi connectivity index (χ2v) is 10.4. The molecule has 0 fully saturated rings. The molecule has 206 valence electrons. The number of aromatic nitrogens is 3. The Morgan fingerprint density at radius 2 is 1.68 bits per heavy atom. The van der Waals surface area contributed by atoms with Crippen LogP contribution in [0.2, 0.25) is 0 Å². The van der Waals surface area contributed by atoms with Crippen LogP contribution < -0.4 is 11.3 Å². The van der Waals surface area contributed by atoms with Gasteiger partial charge < -0.3 is 20.4 Å². The number of aliphatic carboxylic acids is 1. The Morgan fingerprint density at radius 1 is 1.00 bits per heavy atom. The van der Waals surface area contributed by atoms with Crippen LogP contribution in [0.1, 0.15) is 55.0 Å². The van der Waals surface area contributed by atoms with Crippen LogP contribution in [0.15, 0.2) is 71.5 Å². The number of aryl methyl sites for hydroxylation is 3. The van der Waals surface area contributed by atoms with Crippen molar-refractivity contribution in [3.8, 4) is 11.3 Å². The summed E-state index contributed by atoms with van der Waals surface area (Å²) in [7, 11) is 0. The number of hydrogen-bond acceptors (Lipinski definition) is 4. The van der Waals surface area contributed by atoms with Crippen molar-refractivity contribution in [2.45, 2.75) is 58.4 Å². The predicted molar refractivity (Wildman–Crippen MR) is 161 cm³/mol. The molecule has 0 bridgehead atoms. The number of rotatable bonds is 7. The molecule has 1 aliphatic carbocycles. The summed E-state index contributed by atoms with van der Waals surface area (Å²) in [6, 6.07) is 23.2. The number of unbranched alkanes of at least 4 members (excludes halogenated alkanes) is 1. The summed E-state index contributed by atoms with van der Waals surface area (Å²) in [6.45, 7) is 2.62. The lowest BCUT2D eigenvalue weighted by atomic mass is 9.91. The number of nitrogens with one attached hydrogen (secondary N) is 1. The first-order valence-electron chi connectivity index (χ1n) is 14.1. The van der Waals surface area contributed by atoms with Crippen molar-refractivity contribution in [2.24, 2.45) is 5.73 Å². The van der Waals surface area contributed by atoms with E-state index >= 15 is 0 Å². The first-order valence-corrected chi connectivity index (χ1v) is 14.1. The van der Waals surface area contributed by atoms with Crippen LogP contribution in [0.5, 0.6) is 0 Å². The normalized spacial score (nSPS) is 12.7. The minimum atomic E-state index is -0.833. The van der Waals surface area contributed by atoms with Crippen molar-refractivity contribution < 1.29 is 9.90 Å². The van der Waals surface area contributed by atoms with E-state index in [1.165, 1.54) is 29.5 Å². The van der Waals surface area contributed by atoms with E-state index in [1.807, 2.05) is 12.1 Å². The summed E-state index contributed by atoms with van der Waals surface area (Å²) in [5.74, 6) is -0.833. The minimum Gasteiger partial charge on any atom is -0.481 e. The average Bonchev–Trinajstić information content (AvgIpc) is 3.24. The van der Waals surface area contributed by atoms with Crippen molar-refractivity contribution in [1.82, 2.24) is 14.5 Å². The number of carbonyl (C=O) groups is 1. The van der Waals surface area contributed by atoms with Gasteiger partial charge in [0.25, 0.3) is 11.5 Å². The average molecular weight is 537 g/mol. The highest BCUT2D eigenvalue weighted by atomic mass is 16.4. The zero-order valence-corrected chi connectivity index (χ0v) is 23.0. The molecule has 0 amide bonds. The molecule has 5 aromatic rings. The summed E-state index contributed by atoms with van der Waals surface area (Å²) >= 11 is 0. The number of benzene rings is 3. The van der Waals surface area contributed by atoms with Gasteiger partial charge >= 0.3 is 0 Å². The highest BCUT2D eigenvalue weighted by Gasteiger charge is 2.23. The second-order valence-electron chi connectivity index (χ2n) is 10.4. The maximum Gasteiger partial charge on any atom is 0.300 e. The number of hydrogen-bond donors (Lipinski definition) is 3. The lowest BCUT2D eigenvalue weighted by Crippen LogP contribution is -2.14. The van der Waals surface area contributed by atoms with E-state index in [0.717, 1.165) is 78.8 Å². The molecular weight excluding hydrogens is 500 g/mol. The molecule has 0 aliphatic heterocycles. The molecule has 40 heavy (non-hydrogen) atoms. The minimum absolute atomic E-state index is 0.127. The van der Waals surface area contributed by atoms with Gasteiger partial charge in [-0.25, -0.2) is 4.98 Å². The fraction of sp³-hybridized carbons (Fsp3) is 0.303. The third kappa shape index (κ3) is 5.84. The molecule has 2 aromatic heterocycles. The Kier molecular flexibility index (Phi) is 8.41. The summed E-state index contributed by atoms with van der Waals surface area (Å²) in [5, 5.41) is 8.49. The highest BCUT2D eigenvalue weighted by molar-refractivity contribution is 5.98. The molecule has 1 aliphatic rings. The summed E-state index contributed by atoms with van der Waals surface area (Å²) < 4.78 is 2.38. The number of nitrogens with two attached hydrogens (primary N) is 1. The first kappa shape index (κ1) is 27.3. The van der Waals surface area contributed by atoms with Crippen molar-refractivity contribution in [1.29, 1.82) is 0 Å². The van der Waals surface area contributed by atoms with Crippen molar-refractivity contribution in [2.75, 3.05) is 6.54 Å². The summed E-state index contributed by atoms with van der Waals surface area (Å²) in [5.41, 5.74) is 15.1. The zero-order valence-electron chi connectivity index (χ0n) is 23.0. The molecule has 0 unspecified atom stereocenters. The van der Waals surface area contributed by atoms with Crippen LogP contribution in [0.4, 0.5) is 0 Å². The molecule has 2 heterocycles. The van der Waals surface area contributed by atoms with Crippen LogP contribution in [-0.2, 0) is 30.6 Å². The zero-order chi connectivity index (χ0) is 28.1. The van der Waals surface area contributed by atoms with Gasteiger partial charge in [-0.05, 0) is 80.0 Å². The van der Waals surface area contributed by atoms with Crippen molar-refractivity contribution in [3.05, 3.63) is 99.5 Å². The van der Waals surface area contributed by atoms with Crippen LogP contribution in [-0.4, -0.2) is 32.2 Å². The van der Waals surface area contributed by atoms with Crippen molar-refractivity contribution >= 4 is 27.9 Å². The fourth-order valence-electron chi connectivity index (χ4n) is 5.75. The maximum atomic E-state index is 13.6. The summed E-state index contributed by atoms with van der Waals surface area (Å²) in [4.78, 5) is 30.8. The van der Waals surface area contributed by atoms with E-state index in [0.29, 0.717) is 12.2 Å². The number of H-pyrrole nitrogens is 1. The van der Waals surface area contributed by atoms with Crippen LogP contribution in [0, 0.1) is 0 Å². The molecule has 0 saturated carbocycles. The van der Waals surface area contributed by atoms with Gasteiger partial charge in [0.2, 0.25) is 0 Å². The van der Waals surface area contributed by atoms with E-state index in [-0.39, 0.29) is 5.56 Å². The predicted octanol–water partition coefficient (Wildman–Crippen LogP) is 5.84. The Morgan fingerprint density at radius 3 is 2.40 bits per heavy atom. The molecule has 7 heteroatoms. The third-order valence-corrected chi connectivity index (χ3v) is 7.52. The van der Waals surface area contributed by atoms with Gasteiger partial charge in [-0.3, -0.25) is 9.59 Å². The monoisotopic (exact) mass is 536 g/mol. The maximum absolute atomic E-state index is 13.6. The number of carboxylic acid groups (broad SMARTS) is 1. The lowest BCUT2D eigenvalue weighted by Gasteiger charge is -2.16. The Balaban J connectivity index is 0.000000758. The highest BCUT2D eigenvalue weighted by Crippen LogP contribution is 2.35. The van der Waals surface area contributed by atoms with Gasteiger partial charge in [0.05, 0.1) is 11.0 Å². The van der Waals surface area contributed by atoms with E-state index in [2.05, 4.69) is 64.1 Å². The molecular formula is C33H36N4O3. The third-order valence-electron chi connectivity index (χ3n) is 7.52. The quantitative estimate of drug-likeness (QED) is 0.226. The number of fused-ring (bicyclic) bond motifs is 3. The molecule has 6 rings (SSSR count). The van der Waals surface area contributed by atoms with E-state index in [9.17, 15) is 4.79 Å². The van der Waals surface area contributed by atoms with Crippen LogP contribution in [0.25, 0.3) is 33.2 Å². The lowest BCUT2D eigenvalue weighted by molar-refractivity contribution is -0.134. The SMILES string of the molecule is CC(=O)O.NCCCCn1c(Cc2ccccc2)c(-c2nc3cc4c(cc3[nH]c2=O)CCCC4)c2ccccc21. The second kappa shape index (κ2) is 12.3. The van der Waals surface area contributed by atoms with Crippen LogP contribution >= 0.6 is 0 Å². The molecule has 4 N–H and O–H groups in total. The van der Waals surface area contributed by atoms with E-state index < -0.39 is 5.97 Å². The molecule has 0 spiro atoms. The number of aromatic amines is 1. The largest absolute Gasteiger partial charge is 0.481 e. The molecule has 0 radical (unpaired) electrons. The number of para-hydroxylation sites is 1. The van der Waals surface area contributed by atoms with Crippen molar-refractivity contribution in [3.63, 3.8) is 0 Å². The Bertz CT molecular complexity index is 1700. The van der Waals surface area contributed by atoms with Gasteiger partial charge in [0.1, 0.15) is 5.69 Å². The Labute approximate surface area is 233 Å². The van der Waals surface area contributed by atoms with Gasteiger partial charge in [0, 0.05) is 42.0 Å². The molecule has 0 saturated heterocycles. The summed E-state index contributed by atoms with van der Waals surface area (Å²) in [6.07, 6.45) is 7.27. The van der Waals surface area contributed by atoms with Gasteiger partial charge in [-0.15, -0.1) is 0 Å². The molecule has 7 nitrogen and oxygen atoms in total. The van der Waals surface area contributed by atoms with Gasteiger partial charge in [-0.1, -0.05) is 48.5 Å². The van der Waals surface area contributed by atoms with Crippen LogP contribution in [0.3, 0.4) is 0 Å². The Hall–Kier alpha value is -4.23.